The van der Waals surface area contributed by atoms with Gasteiger partial charge in [-0.3, -0.25) is 4.79 Å². The molecule has 174 valence electrons. The van der Waals surface area contributed by atoms with Gasteiger partial charge in [-0.25, -0.2) is 13.4 Å². The maximum Gasteiger partial charge on any atom is 0.228 e. The molecular weight excluding hydrogens is 460 g/mol. The highest BCUT2D eigenvalue weighted by molar-refractivity contribution is 7.90. The van der Waals surface area contributed by atoms with Crippen LogP contribution in [0.3, 0.4) is 0 Å². The summed E-state index contributed by atoms with van der Waals surface area (Å²) in [5.41, 5.74) is 2.50. The van der Waals surface area contributed by atoms with Gasteiger partial charge in [0.25, 0.3) is 0 Å². The summed E-state index contributed by atoms with van der Waals surface area (Å²) in [6, 6.07) is 14.4. The van der Waals surface area contributed by atoms with Crippen molar-refractivity contribution in [3.05, 3.63) is 59.6 Å². The Bertz CT molecular complexity index is 1220. The lowest BCUT2D eigenvalue weighted by molar-refractivity contribution is -0.130. The number of aromatic nitrogens is 1. The van der Waals surface area contributed by atoms with Crippen LogP contribution in [0.5, 0.6) is 5.75 Å². The lowest BCUT2D eigenvalue weighted by atomic mass is 10.2. The van der Waals surface area contributed by atoms with Gasteiger partial charge in [0.05, 0.1) is 29.8 Å². The summed E-state index contributed by atoms with van der Waals surface area (Å²) >= 11 is 1.41. The van der Waals surface area contributed by atoms with Crippen LogP contribution in [0.4, 0.5) is 16.5 Å². The molecule has 1 fully saturated rings. The zero-order valence-corrected chi connectivity index (χ0v) is 20.2. The highest BCUT2D eigenvalue weighted by Gasteiger charge is 2.23. The number of nitrogens with zero attached hydrogens (tertiary/aromatic N) is 3. The molecule has 0 saturated carbocycles. The summed E-state index contributed by atoms with van der Waals surface area (Å²) < 4.78 is 28.6. The third-order valence-corrected chi connectivity index (χ3v) is 7.41. The number of carbonyl (C=O) groups excluding carboxylic acids is 1. The first-order valence-electron chi connectivity index (χ1n) is 10.5. The minimum atomic E-state index is -3.23. The fourth-order valence-corrected chi connectivity index (χ4v) is 5.07. The monoisotopic (exact) mass is 486 g/mol. The first-order chi connectivity index (χ1) is 15.8. The van der Waals surface area contributed by atoms with Crippen LogP contribution in [0, 0.1) is 0 Å². The molecule has 0 aliphatic carbocycles. The third-order valence-electron chi connectivity index (χ3n) is 5.48. The van der Waals surface area contributed by atoms with Crippen LogP contribution in [-0.4, -0.2) is 63.8 Å². The predicted octanol–water partition coefficient (Wildman–Crippen LogP) is 3.19. The smallest absolute Gasteiger partial charge is 0.228 e. The number of benzene rings is 2. The first kappa shape index (κ1) is 23.1. The number of hydrogen-bond donors (Lipinski definition) is 1. The summed E-state index contributed by atoms with van der Waals surface area (Å²) in [7, 11) is -1.56. The van der Waals surface area contributed by atoms with Gasteiger partial charge in [-0.05, 0) is 36.4 Å². The normalized spacial score (nSPS) is 14.2. The van der Waals surface area contributed by atoms with E-state index in [0.29, 0.717) is 23.9 Å². The average molecular weight is 487 g/mol. The van der Waals surface area contributed by atoms with E-state index in [4.69, 9.17) is 4.74 Å². The van der Waals surface area contributed by atoms with Crippen molar-refractivity contribution in [2.45, 2.75) is 11.3 Å². The van der Waals surface area contributed by atoms with Crippen molar-refractivity contribution >= 4 is 43.6 Å². The molecule has 4 rings (SSSR count). The zero-order valence-electron chi connectivity index (χ0n) is 18.5. The van der Waals surface area contributed by atoms with Gasteiger partial charge in [0.2, 0.25) is 5.91 Å². The van der Waals surface area contributed by atoms with Gasteiger partial charge >= 0.3 is 0 Å². The molecule has 33 heavy (non-hydrogen) atoms. The van der Waals surface area contributed by atoms with E-state index in [1.807, 2.05) is 34.5 Å². The Morgan fingerprint density at radius 1 is 1.09 bits per heavy atom. The fourth-order valence-electron chi connectivity index (χ4n) is 3.71. The summed E-state index contributed by atoms with van der Waals surface area (Å²) in [5, 5.41) is 5.69. The van der Waals surface area contributed by atoms with Crippen molar-refractivity contribution < 1.29 is 17.9 Å². The summed E-state index contributed by atoms with van der Waals surface area (Å²) in [6.07, 6.45) is 1.43. The standard InChI is InChI=1S/C23H26N4O4S2/c1-31-21-6-4-3-5-20(21)26-11-13-27(14-12-26)22(28)15-18-16-32-23(25-18)24-17-7-9-19(10-8-17)33(2,29)30/h3-10,16H,11-15H2,1-2H3,(H,24,25). The largest absolute Gasteiger partial charge is 0.495 e. The van der Waals surface area contributed by atoms with E-state index >= 15 is 0 Å². The Morgan fingerprint density at radius 2 is 1.79 bits per heavy atom. The molecule has 0 bridgehead atoms. The average Bonchev–Trinajstić information content (AvgIpc) is 3.25. The van der Waals surface area contributed by atoms with Crippen molar-refractivity contribution in [2.24, 2.45) is 0 Å². The number of thiazole rings is 1. The lowest BCUT2D eigenvalue weighted by Crippen LogP contribution is -2.49. The first-order valence-corrected chi connectivity index (χ1v) is 13.3. The predicted molar refractivity (Wildman–Crippen MR) is 130 cm³/mol. The fraction of sp³-hybridized carbons (Fsp3) is 0.304. The Labute approximate surface area is 197 Å². The minimum Gasteiger partial charge on any atom is -0.495 e. The van der Waals surface area contributed by atoms with Gasteiger partial charge in [0, 0.05) is 43.5 Å². The summed E-state index contributed by atoms with van der Waals surface area (Å²) in [6.45, 7) is 2.80. The van der Waals surface area contributed by atoms with Crippen molar-refractivity contribution in [1.82, 2.24) is 9.88 Å². The number of nitrogens with one attached hydrogen (secondary N) is 1. The Hall–Kier alpha value is -3.11. The van der Waals surface area contributed by atoms with E-state index in [9.17, 15) is 13.2 Å². The number of methoxy groups -OCH3 is 1. The van der Waals surface area contributed by atoms with Gasteiger partial charge in [0.15, 0.2) is 15.0 Å². The van der Waals surface area contributed by atoms with Crippen molar-refractivity contribution in [2.75, 3.05) is 49.8 Å². The van der Waals surface area contributed by atoms with E-state index in [2.05, 4.69) is 15.2 Å². The number of carbonyl (C=O) groups is 1. The second kappa shape index (κ2) is 9.80. The summed E-state index contributed by atoms with van der Waals surface area (Å²) in [5.74, 6) is 0.898. The number of piperazine rings is 1. The maximum atomic E-state index is 12.8. The highest BCUT2D eigenvalue weighted by Crippen LogP contribution is 2.28. The Balaban J connectivity index is 1.31. The maximum absolute atomic E-state index is 12.8. The molecule has 2 heterocycles. The van der Waals surface area contributed by atoms with Crippen molar-refractivity contribution in [3.8, 4) is 5.75 Å². The third kappa shape index (κ3) is 5.63. The van der Waals surface area contributed by atoms with Gasteiger partial charge in [-0.15, -0.1) is 11.3 Å². The molecule has 1 aliphatic rings. The van der Waals surface area contributed by atoms with Gasteiger partial charge in [0.1, 0.15) is 5.75 Å². The quantitative estimate of drug-likeness (QED) is 0.548. The number of sulfone groups is 1. The van der Waals surface area contributed by atoms with Gasteiger partial charge in [-0.1, -0.05) is 12.1 Å². The number of para-hydroxylation sites is 2. The molecule has 1 N–H and O–H groups in total. The summed E-state index contributed by atoms with van der Waals surface area (Å²) in [4.78, 5) is 21.7. The molecule has 0 atom stereocenters. The van der Waals surface area contributed by atoms with Crippen LogP contribution in [0.1, 0.15) is 5.69 Å². The van der Waals surface area contributed by atoms with Crippen molar-refractivity contribution in [3.63, 3.8) is 0 Å². The molecule has 0 radical (unpaired) electrons. The molecule has 2 aromatic carbocycles. The van der Waals surface area contributed by atoms with E-state index in [1.54, 1.807) is 31.4 Å². The number of rotatable bonds is 7. The Morgan fingerprint density at radius 3 is 2.45 bits per heavy atom. The number of anilines is 3. The van der Waals surface area contributed by atoms with Crippen LogP contribution in [0.15, 0.2) is 58.8 Å². The molecule has 1 amide bonds. The topological polar surface area (TPSA) is 91.8 Å². The Kier molecular flexibility index (Phi) is 6.85. The molecule has 8 nitrogen and oxygen atoms in total. The molecule has 0 spiro atoms. The highest BCUT2D eigenvalue weighted by atomic mass is 32.2. The molecule has 1 aliphatic heterocycles. The SMILES string of the molecule is COc1ccccc1N1CCN(C(=O)Cc2csc(Nc3ccc(S(C)(=O)=O)cc3)n2)CC1. The minimum absolute atomic E-state index is 0.0593. The van der Waals surface area contributed by atoms with Crippen LogP contribution in [0.25, 0.3) is 0 Å². The molecule has 10 heteroatoms. The van der Waals surface area contributed by atoms with E-state index < -0.39 is 9.84 Å². The van der Waals surface area contributed by atoms with Crippen molar-refractivity contribution in [1.29, 1.82) is 0 Å². The number of hydrogen-bond acceptors (Lipinski definition) is 8. The molecule has 1 aromatic heterocycles. The van der Waals surface area contributed by atoms with E-state index in [0.717, 1.165) is 30.2 Å². The number of ether oxygens (including phenoxy) is 1. The van der Waals surface area contributed by atoms with Crippen LogP contribution < -0.4 is 15.0 Å². The van der Waals surface area contributed by atoms with E-state index in [-0.39, 0.29) is 17.2 Å². The second-order valence-corrected chi connectivity index (χ2v) is 10.7. The second-order valence-electron chi connectivity index (χ2n) is 7.78. The molecular formula is C23H26N4O4S2. The molecule has 3 aromatic rings. The van der Waals surface area contributed by atoms with Crippen LogP contribution in [0.2, 0.25) is 0 Å². The zero-order chi connectivity index (χ0) is 23.4. The number of amides is 1. The molecule has 1 saturated heterocycles. The van der Waals surface area contributed by atoms with Gasteiger partial charge in [-0.2, -0.15) is 0 Å². The van der Waals surface area contributed by atoms with E-state index in [1.165, 1.54) is 17.6 Å². The van der Waals surface area contributed by atoms with Crippen LogP contribution in [-0.2, 0) is 21.1 Å². The van der Waals surface area contributed by atoms with Crippen LogP contribution >= 0.6 is 11.3 Å². The molecule has 0 unspecified atom stereocenters. The lowest BCUT2D eigenvalue weighted by Gasteiger charge is -2.36. The van der Waals surface area contributed by atoms with Gasteiger partial charge < -0.3 is 19.9 Å².